The Hall–Kier alpha value is -2.42. The van der Waals surface area contributed by atoms with Crippen molar-refractivity contribution in [2.45, 2.75) is 38.0 Å². The first-order chi connectivity index (χ1) is 14.7. The number of benzene rings is 1. The van der Waals surface area contributed by atoms with E-state index in [1.807, 2.05) is 51.1 Å². The number of pyridine rings is 1. The van der Waals surface area contributed by atoms with Gasteiger partial charge in [0, 0.05) is 22.1 Å². The smallest absolute Gasteiger partial charge is 0.272 e. The van der Waals surface area contributed by atoms with Crippen LogP contribution in [0.2, 0.25) is 5.02 Å². The second kappa shape index (κ2) is 8.61. The van der Waals surface area contributed by atoms with Crippen molar-refractivity contribution in [3.05, 3.63) is 63.5 Å². The first-order valence-corrected chi connectivity index (χ1v) is 11.9. The third-order valence-electron chi connectivity index (χ3n) is 4.45. The molecule has 9 heteroatoms. The van der Waals surface area contributed by atoms with Gasteiger partial charge in [-0.15, -0.1) is 11.3 Å². The van der Waals surface area contributed by atoms with Crippen LogP contribution in [-0.4, -0.2) is 31.7 Å². The Morgan fingerprint density at radius 3 is 2.74 bits per heavy atom. The van der Waals surface area contributed by atoms with Gasteiger partial charge >= 0.3 is 0 Å². The number of carbonyl (C=O) groups excluding carboxylic acids is 1. The lowest BCUT2D eigenvalue weighted by molar-refractivity contribution is -0.119. The Kier molecular flexibility index (Phi) is 6.05. The number of thiophene rings is 1. The van der Waals surface area contributed by atoms with E-state index in [9.17, 15) is 9.59 Å². The molecule has 0 spiro atoms. The van der Waals surface area contributed by atoms with Gasteiger partial charge in [-0.3, -0.25) is 14.2 Å². The van der Waals surface area contributed by atoms with E-state index in [0.29, 0.717) is 20.4 Å². The van der Waals surface area contributed by atoms with Crippen LogP contribution in [-0.2, 0) is 11.3 Å². The summed E-state index contributed by atoms with van der Waals surface area (Å²) in [6, 6.07) is 11.1. The highest BCUT2D eigenvalue weighted by molar-refractivity contribution is 7.99. The Morgan fingerprint density at radius 1 is 1.23 bits per heavy atom. The van der Waals surface area contributed by atoms with E-state index in [1.165, 1.54) is 23.1 Å². The molecular formula is C22H21ClN4O2S2. The van der Waals surface area contributed by atoms with Gasteiger partial charge in [0.25, 0.3) is 5.56 Å². The van der Waals surface area contributed by atoms with Crippen molar-refractivity contribution < 1.29 is 4.79 Å². The lowest BCUT2D eigenvalue weighted by Crippen LogP contribution is -2.41. The van der Waals surface area contributed by atoms with Gasteiger partial charge in [0.15, 0.2) is 5.16 Å². The lowest BCUT2D eigenvalue weighted by atomic mass is 10.1. The third kappa shape index (κ3) is 4.76. The van der Waals surface area contributed by atoms with Crippen LogP contribution in [0.4, 0.5) is 0 Å². The third-order valence-corrected chi connectivity index (χ3v) is 6.89. The van der Waals surface area contributed by atoms with Crippen LogP contribution in [0, 0.1) is 0 Å². The topological polar surface area (TPSA) is 76.9 Å². The number of carbonyl (C=O) groups is 1. The minimum Gasteiger partial charge on any atom is -0.351 e. The van der Waals surface area contributed by atoms with Crippen molar-refractivity contribution >= 4 is 61.0 Å². The zero-order valence-electron chi connectivity index (χ0n) is 17.3. The quantitative estimate of drug-likeness (QED) is 0.336. The highest BCUT2D eigenvalue weighted by atomic mass is 35.5. The maximum absolute atomic E-state index is 13.5. The van der Waals surface area contributed by atoms with E-state index in [2.05, 4.69) is 10.3 Å². The molecule has 0 saturated carbocycles. The minimum absolute atomic E-state index is 0.118. The van der Waals surface area contributed by atoms with Crippen molar-refractivity contribution in [1.82, 2.24) is 19.9 Å². The molecule has 0 aliphatic carbocycles. The molecule has 4 rings (SSSR count). The molecule has 0 radical (unpaired) electrons. The van der Waals surface area contributed by atoms with Crippen LogP contribution in [0.1, 0.15) is 26.3 Å². The van der Waals surface area contributed by atoms with E-state index >= 15 is 0 Å². The maximum Gasteiger partial charge on any atom is 0.272 e. The zero-order valence-corrected chi connectivity index (χ0v) is 19.7. The van der Waals surface area contributed by atoms with Crippen molar-refractivity contribution in [1.29, 1.82) is 0 Å². The summed E-state index contributed by atoms with van der Waals surface area (Å²) < 4.78 is 2.14. The molecule has 1 amide bonds. The summed E-state index contributed by atoms with van der Waals surface area (Å²) in [5.74, 6) is 0.0332. The van der Waals surface area contributed by atoms with Crippen LogP contribution in [0.15, 0.2) is 52.5 Å². The summed E-state index contributed by atoms with van der Waals surface area (Å²) in [5.41, 5.74) is 0.938. The number of nitrogens with one attached hydrogen (secondary N) is 1. The molecular weight excluding hydrogens is 452 g/mol. The predicted octanol–water partition coefficient (Wildman–Crippen LogP) is 4.71. The molecule has 3 aromatic heterocycles. The number of hydrogen-bond acceptors (Lipinski definition) is 6. The van der Waals surface area contributed by atoms with Gasteiger partial charge in [-0.25, -0.2) is 9.97 Å². The molecule has 31 heavy (non-hydrogen) atoms. The summed E-state index contributed by atoms with van der Waals surface area (Å²) in [6.45, 7) is 6.05. The zero-order chi connectivity index (χ0) is 22.2. The molecule has 0 bridgehead atoms. The number of halogens is 1. The number of fused-ring (bicyclic) bond motifs is 3. The van der Waals surface area contributed by atoms with Crippen LogP contribution >= 0.6 is 34.7 Å². The number of hydrogen-bond donors (Lipinski definition) is 1. The van der Waals surface area contributed by atoms with Gasteiger partial charge in [-0.1, -0.05) is 41.6 Å². The monoisotopic (exact) mass is 472 g/mol. The van der Waals surface area contributed by atoms with Crippen molar-refractivity contribution in [3.8, 4) is 0 Å². The normalized spacial score (nSPS) is 11.9. The van der Waals surface area contributed by atoms with Gasteiger partial charge in [0.1, 0.15) is 9.53 Å². The number of aromatic nitrogens is 3. The molecule has 160 valence electrons. The van der Waals surface area contributed by atoms with Gasteiger partial charge in [-0.2, -0.15) is 0 Å². The fourth-order valence-electron chi connectivity index (χ4n) is 3.17. The highest BCUT2D eigenvalue weighted by Crippen LogP contribution is 2.31. The second-order valence-corrected chi connectivity index (χ2v) is 10.4. The van der Waals surface area contributed by atoms with Crippen LogP contribution in [0.3, 0.4) is 0 Å². The summed E-state index contributed by atoms with van der Waals surface area (Å²) in [6.07, 6.45) is 1.70. The van der Waals surface area contributed by atoms with Gasteiger partial charge in [0.05, 0.1) is 17.8 Å². The van der Waals surface area contributed by atoms with Crippen molar-refractivity contribution in [3.63, 3.8) is 0 Å². The Bertz CT molecular complexity index is 1340. The second-order valence-electron chi connectivity index (χ2n) is 8.10. The van der Waals surface area contributed by atoms with E-state index in [-0.39, 0.29) is 29.3 Å². The standard InChI is InChI=1S/C22H21ClN4O2S2/c1-22(2,3)26-16(28)12-30-21-25-17-14-8-6-10-24-19(14)31-18(17)20(29)27(21)11-13-7-4-5-9-15(13)23/h4-10H,11-12H2,1-3H3,(H,26,28). The van der Waals surface area contributed by atoms with E-state index in [0.717, 1.165) is 15.8 Å². The summed E-state index contributed by atoms with van der Waals surface area (Å²) in [7, 11) is 0. The number of amides is 1. The van der Waals surface area contributed by atoms with E-state index in [1.54, 1.807) is 16.8 Å². The average molecular weight is 473 g/mol. The number of thioether (sulfide) groups is 1. The van der Waals surface area contributed by atoms with Crippen LogP contribution in [0.5, 0.6) is 0 Å². The van der Waals surface area contributed by atoms with Gasteiger partial charge in [0.2, 0.25) is 5.91 Å². The molecule has 0 fully saturated rings. The fraction of sp³-hybridized carbons (Fsp3) is 0.273. The van der Waals surface area contributed by atoms with Gasteiger partial charge in [-0.05, 0) is 44.5 Å². The van der Waals surface area contributed by atoms with E-state index in [4.69, 9.17) is 16.6 Å². The first-order valence-electron chi connectivity index (χ1n) is 9.68. The molecule has 6 nitrogen and oxygen atoms in total. The van der Waals surface area contributed by atoms with Crippen LogP contribution < -0.4 is 10.9 Å². The Labute approximate surface area is 192 Å². The molecule has 1 N–H and O–H groups in total. The molecule has 3 heterocycles. The molecule has 0 atom stereocenters. The first kappa shape index (κ1) is 21.8. The van der Waals surface area contributed by atoms with Gasteiger partial charge < -0.3 is 5.32 Å². The molecule has 0 unspecified atom stereocenters. The number of nitrogens with zero attached hydrogens (tertiary/aromatic N) is 3. The molecule has 1 aromatic carbocycles. The molecule has 4 aromatic rings. The van der Waals surface area contributed by atoms with Crippen molar-refractivity contribution in [2.24, 2.45) is 0 Å². The predicted molar refractivity (Wildman–Crippen MR) is 128 cm³/mol. The average Bonchev–Trinajstić information content (AvgIpc) is 3.08. The highest BCUT2D eigenvalue weighted by Gasteiger charge is 2.20. The SMILES string of the molecule is CC(C)(C)NC(=O)CSc1nc2c(sc3ncccc32)c(=O)n1Cc1ccccc1Cl. The molecule has 0 saturated heterocycles. The lowest BCUT2D eigenvalue weighted by Gasteiger charge is -2.20. The van der Waals surface area contributed by atoms with Crippen LogP contribution in [0.25, 0.3) is 20.4 Å². The molecule has 0 aliphatic rings. The number of rotatable bonds is 5. The minimum atomic E-state index is -0.332. The Balaban J connectivity index is 1.80. The Morgan fingerprint density at radius 2 is 2.00 bits per heavy atom. The maximum atomic E-state index is 13.5. The molecule has 0 aliphatic heterocycles. The summed E-state index contributed by atoms with van der Waals surface area (Å²) >= 11 is 8.92. The summed E-state index contributed by atoms with van der Waals surface area (Å²) in [5, 5.41) is 4.83. The largest absolute Gasteiger partial charge is 0.351 e. The van der Waals surface area contributed by atoms with Crippen molar-refractivity contribution in [2.75, 3.05) is 5.75 Å². The fourth-order valence-corrected chi connectivity index (χ4v) is 5.19. The summed E-state index contributed by atoms with van der Waals surface area (Å²) in [4.78, 5) is 35.8. The van der Waals surface area contributed by atoms with E-state index < -0.39 is 0 Å².